The van der Waals surface area contributed by atoms with Gasteiger partial charge in [-0.25, -0.2) is 9.59 Å². The first kappa shape index (κ1) is 18.8. The van der Waals surface area contributed by atoms with Crippen LogP contribution in [0.15, 0.2) is 24.3 Å². The van der Waals surface area contributed by atoms with E-state index < -0.39 is 30.6 Å². The maximum absolute atomic E-state index is 11.9. The zero-order chi connectivity index (χ0) is 17.2. The number of hydrogen-bond acceptors (Lipinski definition) is 5. The Balaban J connectivity index is 2.46. The molecule has 0 unspecified atom stereocenters. The third-order valence-corrected chi connectivity index (χ3v) is 3.54. The molecule has 1 aromatic carbocycles. The van der Waals surface area contributed by atoms with E-state index in [2.05, 4.69) is 10.6 Å². The average Bonchev–Trinajstić information content (AvgIpc) is 2.51. The lowest BCUT2D eigenvalue weighted by Gasteiger charge is -2.15. The van der Waals surface area contributed by atoms with Crippen molar-refractivity contribution in [2.45, 2.75) is 19.4 Å². The number of aryl methyl sites for hydroxylation is 1. The Hall–Kier alpha value is -2.22. The highest BCUT2D eigenvalue weighted by molar-refractivity contribution is 7.98. The highest BCUT2D eigenvalue weighted by atomic mass is 32.2. The van der Waals surface area contributed by atoms with E-state index in [4.69, 9.17) is 10.5 Å². The molecule has 1 rings (SSSR count). The van der Waals surface area contributed by atoms with Crippen LogP contribution < -0.4 is 16.4 Å². The fourth-order valence-electron chi connectivity index (χ4n) is 1.73. The maximum Gasteiger partial charge on any atom is 0.329 e. The van der Waals surface area contributed by atoms with Crippen LogP contribution in [0, 0.1) is 6.92 Å². The van der Waals surface area contributed by atoms with E-state index in [9.17, 15) is 14.4 Å². The van der Waals surface area contributed by atoms with Gasteiger partial charge in [-0.3, -0.25) is 4.79 Å². The number of anilines is 1. The molecule has 0 radical (unpaired) electrons. The summed E-state index contributed by atoms with van der Waals surface area (Å²) >= 11 is 1.52. The van der Waals surface area contributed by atoms with Crippen LogP contribution in [-0.2, 0) is 14.3 Å². The molecule has 8 heteroatoms. The molecule has 0 saturated carbocycles. The second kappa shape index (κ2) is 9.73. The van der Waals surface area contributed by atoms with Gasteiger partial charge in [-0.1, -0.05) is 17.7 Å². The number of rotatable bonds is 8. The topological polar surface area (TPSA) is 111 Å². The highest BCUT2D eigenvalue weighted by Gasteiger charge is 2.21. The van der Waals surface area contributed by atoms with Crippen molar-refractivity contribution in [2.75, 3.05) is 23.9 Å². The molecule has 0 spiro atoms. The van der Waals surface area contributed by atoms with Crippen molar-refractivity contribution in [1.82, 2.24) is 5.32 Å². The number of esters is 1. The molecule has 3 amide bonds. The molecule has 0 saturated heterocycles. The first-order chi connectivity index (χ1) is 10.9. The molecular formula is C15H21N3O4S. The van der Waals surface area contributed by atoms with Gasteiger partial charge >= 0.3 is 12.0 Å². The van der Waals surface area contributed by atoms with Crippen LogP contribution in [0.25, 0.3) is 0 Å². The third-order valence-electron chi connectivity index (χ3n) is 2.89. The maximum atomic E-state index is 11.9. The summed E-state index contributed by atoms with van der Waals surface area (Å²) in [6.45, 7) is 1.51. The van der Waals surface area contributed by atoms with Gasteiger partial charge in [0.15, 0.2) is 6.61 Å². The molecule has 7 nitrogen and oxygen atoms in total. The van der Waals surface area contributed by atoms with Gasteiger partial charge in [0.2, 0.25) is 0 Å². The molecule has 0 heterocycles. The fourth-order valence-corrected chi connectivity index (χ4v) is 2.20. The zero-order valence-electron chi connectivity index (χ0n) is 13.1. The van der Waals surface area contributed by atoms with Gasteiger partial charge < -0.3 is 21.1 Å². The molecule has 1 aromatic rings. The first-order valence-corrected chi connectivity index (χ1v) is 8.40. The first-order valence-electron chi connectivity index (χ1n) is 7.00. The summed E-state index contributed by atoms with van der Waals surface area (Å²) < 4.78 is 4.93. The molecule has 126 valence electrons. The van der Waals surface area contributed by atoms with Crippen LogP contribution in [0.2, 0.25) is 0 Å². The second-order valence-corrected chi connectivity index (χ2v) is 5.85. The summed E-state index contributed by atoms with van der Waals surface area (Å²) in [4.78, 5) is 34.6. The number of carbonyl (C=O) groups excluding carboxylic acids is 3. The quantitative estimate of drug-likeness (QED) is 0.618. The van der Waals surface area contributed by atoms with E-state index in [-0.39, 0.29) is 0 Å². The molecule has 4 N–H and O–H groups in total. The molecule has 0 bridgehead atoms. The Morgan fingerprint density at radius 1 is 1.26 bits per heavy atom. The van der Waals surface area contributed by atoms with Crippen LogP contribution >= 0.6 is 11.8 Å². The average molecular weight is 339 g/mol. The van der Waals surface area contributed by atoms with Crippen LogP contribution in [0.1, 0.15) is 12.0 Å². The van der Waals surface area contributed by atoms with Crippen molar-refractivity contribution in [3.63, 3.8) is 0 Å². The van der Waals surface area contributed by atoms with Gasteiger partial charge in [-0.05, 0) is 37.5 Å². The van der Waals surface area contributed by atoms with Crippen molar-refractivity contribution < 1.29 is 19.1 Å². The van der Waals surface area contributed by atoms with Crippen molar-refractivity contribution >= 4 is 35.4 Å². The number of carbonyl (C=O) groups is 3. The lowest BCUT2D eigenvalue weighted by molar-refractivity contribution is -0.149. The second-order valence-electron chi connectivity index (χ2n) is 4.86. The SMILES string of the molecule is CSCC[C@H](NC(N)=O)C(=O)OCC(=O)Nc1ccc(C)cc1. The highest BCUT2D eigenvalue weighted by Crippen LogP contribution is 2.08. The Morgan fingerprint density at radius 3 is 2.48 bits per heavy atom. The lowest BCUT2D eigenvalue weighted by atomic mass is 10.2. The number of nitrogens with one attached hydrogen (secondary N) is 2. The van der Waals surface area contributed by atoms with Crippen molar-refractivity contribution in [1.29, 1.82) is 0 Å². The minimum Gasteiger partial charge on any atom is -0.454 e. The van der Waals surface area contributed by atoms with Crippen LogP contribution in [-0.4, -0.2) is 42.6 Å². The lowest BCUT2D eigenvalue weighted by Crippen LogP contribution is -2.45. The Labute approximate surface area is 139 Å². The van der Waals surface area contributed by atoms with E-state index in [0.29, 0.717) is 17.9 Å². The van der Waals surface area contributed by atoms with Gasteiger partial charge in [0.1, 0.15) is 6.04 Å². The van der Waals surface area contributed by atoms with Gasteiger partial charge in [-0.2, -0.15) is 11.8 Å². The predicted molar refractivity (Wildman–Crippen MR) is 90.3 cm³/mol. The standard InChI is InChI=1S/C15H21N3O4S/c1-10-3-5-11(6-4-10)17-13(19)9-22-14(20)12(7-8-23-2)18-15(16)21/h3-6,12H,7-9H2,1-2H3,(H,17,19)(H3,16,18,21)/t12-/m0/s1. The van der Waals surface area contributed by atoms with Gasteiger partial charge in [0, 0.05) is 5.69 Å². The largest absolute Gasteiger partial charge is 0.454 e. The van der Waals surface area contributed by atoms with Crippen molar-refractivity contribution in [3.8, 4) is 0 Å². The number of ether oxygens (including phenoxy) is 1. The molecule has 23 heavy (non-hydrogen) atoms. The Bertz CT molecular complexity index is 548. The smallest absolute Gasteiger partial charge is 0.329 e. The summed E-state index contributed by atoms with van der Waals surface area (Å²) in [7, 11) is 0. The Morgan fingerprint density at radius 2 is 1.91 bits per heavy atom. The summed E-state index contributed by atoms with van der Waals surface area (Å²) in [5.74, 6) is -0.489. The van der Waals surface area contributed by atoms with Crippen LogP contribution in [0.5, 0.6) is 0 Å². The molecule has 0 aliphatic heterocycles. The molecule has 1 atom stereocenters. The van der Waals surface area contributed by atoms with Crippen LogP contribution in [0.4, 0.5) is 10.5 Å². The van der Waals surface area contributed by atoms with Crippen molar-refractivity contribution in [2.24, 2.45) is 5.73 Å². The Kier molecular flexibility index (Phi) is 7.96. The van der Waals surface area contributed by atoms with Gasteiger partial charge in [-0.15, -0.1) is 0 Å². The van der Waals surface area contributed by atoms with E-state index >= 15 is 0 Å². The number of urea groups is 1. The molecular weight excluding hydrogens is 318 g/mol. The molecule has 0 fully saturated rings. The third kappa shape index (κ3) is 7.55. The normalized spacial score (nSPS) is 11.4. The summed E-state index contributed by atoms with van der Waals surface area (Å²) in [6.07, 6.45) is 2.25. The molecule has 0 aromatic heterocycles. The summed E-state index contributed by atoms with van der Waals surface area (Å²) in [5, 5.41) is 4.93. The van der Waals surface area contributed by atoms with E-state index in [1.54, 1.807) is 12.1 Å². The van der Waals surface area contributed by atoms with Crippen molar-refractivity contribution in [3.05, 3.63) is 29.8 Å². The van der Waals surface area contributed by atoms with Crippen LogP contribution in [0.3, 0.4) is 0 Å². The van der Waals surface area contributed by atoms with E-state index in [0.717, 1.165) is 5.56 Å². The minimum absolute atomic E-state index is 0.378. The monoisotopic (exact) mass is 339 g/mol. The van der Waals surface area contributed by atoms with E-state index in [1.165, 1.54) is 11.8 Å². The fraction of sp³-hybridized carbons (Fsp3) is 0.400. The predicted octanol–water partition coefficient (Wildman–Crippen LogP) is 1.27. The number of thioether (sulfide) groups is 1. The van der Waals surface area contributed by atoms with Gasteiger partial charge in [0.25, 0.3) is 5.91 Å². The number of primary amides is 1. The zero-order valence-corrected chi connectivity index (χ0v) is 13.9. The number of hydrogen-bond donors (Lipinski definition) is 3. The summed E-state index contributed by atoms with van der Waals surface area (Å²) in [6, 6.07) is 5.56. The number of amides is 3. The molecule has 0 aliphatic rings. The minimum atomic E-state index is -0.855. The van der Waals surface area contributed by atoms with E-state index in [1.807, 2.05) is 25.3 Å². The van der Waals surface area contributed by atoms with Gasteiger partial charge in [0.05, 0.1) is 0 Å². The summed E-state index contributed by atoms with van der Waals surface area (Å²) in [5.41, 5.74) is 6.72. The number of benzene rings is 1. The molecule has 0 aliphatic carbocycles. The number of nitrogens with two attached hydrogens (primary N) is 1.